The van der Waals surface area contributed by atoms with Crippen molar-refractivity contribution in [3.8, 4) is 6.07 Å². The first-order chi connectivity index (χ1) is 3.81. The lowest BCUT2D eigenvalue weighted by Gasteiger charge is -1.99. The number of aliphatic hydroxyl groups is 1. The fourth-order valence-corrected chi connectivity index (χ4v) is 0.859. The molecule has 2 nitrogen and oxygen atoms in total. The van der Waals surface area contributed by atoms with Crippen molar-refractivity contribution < 1.29 is 5.11 Å². The molecule has 1 atom stereocenters. The molecule has 0 fully saturated rings. The molecule has 0 saturated carbocycles. The second kappa shape index (κ2) is 4.95. The largest absolute Gasteiger partial charge is 0.391 e. The third-order valence-electron chi connectivity index (χ3n) is 0.686. The topological polar surface area (TPSA) is 44.0 Å². The Balaban J connectivity index is 3.08. The monoisotopic (exact) mass is 131 g/mol. The summed E-state index contributed by atoms with van der Waals surface area (Å²) in [7, 11) is 0. The van der Waals surface area contributed by atoms with Crippen molar-refractivity contribution >= 4 is 11.8 Å². The van der Waals surface area contributed by atoms with Gasteiger partial charge < -0.3 is 5.11 Å². The number of hydrogen-bond acceptors (Lipinski definition) is 3. The van der Waals surface area contributed by atoms with Crippen molar-refractivity contribution in [1.29, 1.82) is 5.26 Å². The molecule has 0 aromatic heterocycles. The van der Waals surface area contributed by atoms with E-state index in [4.69, 9.17) is 10.4 Å². The van der Waals surface area contributed by atoms with E-state index in [0.717, 1.165) is 0 Å². The highest BCUT2D eigenvalue weighted by atomic mass is 32.2. The molecule has 0 saturated heterocycles. The molecule has 0 unspecified atom stereocenters. The van der Waals surface area contributed by atoms with Crippen molar-refractivity contribution in [1.82, 2.24) is 0 Å². The number of nitriles is 1. The second-order valence-electron chi connectivity index (χ2n) is 1.47. The Kier molecular flexibility index (Phi) is 4.82. The van der Waals surface area contributed by atoms with Crippen LogP contribution in [0, 0.1) is 11.3 Å². The summed E-state index contributed by atoms with van der Waals surface area (Å²) >= 11 is 1.55. The van der Waals surface area contributed by atoms with Crippen LogP contribution >= 0.6 is 11.8 Å². The standard InChI is InChI=1S/C5H9NOS/c1-8-4-5(7)2-3-6/h5,7H,2,4H2,1H3/t5-/m0/s1. The summed E-state index contributed by atoms with van der Waals surface area (Å²) < 4.78 is 0. The van der Waals surface area contributed by atoms with Gasteiger partial charge in [0.25, 0.3) is 0 Å². The van der Waals surface area contributed by atoms with Gasteiger partial charge in [-0.05, 0) is 6.26 Å². The van der Waals surface area contributed by atoms with Crippen LogP contribution in [0.3, 0.4) is 0 Å². The molecule has 46 valence electrons. The van der Waals surface area contributed by atoms with Gasteiger partial charge in [-0.1, -0.05) is 0 Å². The van der Waals surface area contributed by atoms with E-state index in [1.54, 1.807) is 11.8 Å². The van der Waals surface area contributed by atoms with Crippen molar-refractivity contribution in [3.63, 3.8) is 0 Å². The average Bonchev–Trinajstić information content (AvgIpc) is 1.68. The number of rotatable bonds is 3. The summed E-state index contributed by atoms with van der Waals surface area (Å²) in [6.45, 7) is 0. The Hall–Kier alpha value is -0.200. The molecule has 0 bridgehead atoms. The van der Waals surface area contributed by atoms with E-state index in [9.17, 15) is 0 Å². The number of thioether (sulfide) groups is 1. The molecule has 0 rings (SSSR count). The molecule has 8 heavy (non-hydrogen) atoms. The first kappa shape index (κ1) is 7.80. The smallest absolute Gasteiger partial charge is 0.0760 e. The SMILES string of the molecule is CSC[C@@H](O)CC#N. The van der Waals surface area contributed by atoms with Crippen LogP contribution in [-0.2, 0) is 0 Å². The summed E-state index contributed by atoms with van der Waals surface area (Å²) in [4.78, 5) is 0. The van der Waals surface area contributed by atoms with Crippen LogP contribution in [0.4, 0.5) is 0 Å². The van der Waals surface area contributed by atoms with Gasteiger partial charge in [-0.2, -0.15) is 17.0 Å². The molecular weight excluding hydrogens is 122 g/mol. The summed E-state index contributed by atoms with van der Waals surface area (Å²) in [5.74, 6) is 0.660. The first-order valence-electron chi connectivity index (χ1n) is 2.35. The molecule has 0 aliphatic heterocycles. The van der Waals surface area contributed by atoms with Gasteiger partial charge in [-0.25, -0.2) is 0 Å². The van der Waals surface area contributed by atoms with Crippen molar-refractivity contribution in [2.75, 3.05) is 12.0 Å². The zero-order valence-corrected chi connectivity index (χ0v) is 5.61. The van der Waals surface area contributed by atoms with Crippen LogP contribution in [0.1, 0.15) is 6.42 Å². The molecule has 0 aromatic rings. The quantitative estimate of drug-likeness (QED) is 0.610. The molecule has 1 N–H and O–H groups in total. The number of nitrogens with zero attached hydrogens (tertiary/aromatic N) is 1. The van der Waals surface area contributed by atoms with Gasteiger partial charge in [0.2, 0.25) is 0 Å². The normalized spacial score (nSPS) is 12.6. The minimum Gasteiger partial charge on any atom is -0.391 e. The molecule has 0 spiro atoms. The van der Waals surface area contributed by atoms with Crippen molar-refractivity contribution in [2.45, 2.75) is 12.5 Å². The van der Waals surface area contributed by atoms with Gasteiger partial charge >= 0.3 is 0 Å². The molecule has 0 aliphatic rings. The summed E-state index contributed by atoms with van der Waals surface area (Å²) in [5.41, 5.74) is 0. The maximum atomic E-state index is 8.81. The zero-order chi connectivity index (χ0) is 6.41. The third-order valence-corrected chi connectivity index (χ3v) is 1.40. The van der Waals surface area contributed by atoms with E-state index in [1.165, 1.54) is 0 Å². The molecule has 0 aromatic carbocycles. The van der Waals surface area contributed by atoms with Gasteiger partial charge in [0.15, 0.2) is 0 Å². The Morgan fingerprint density at radius 1 is 1.88 bits per heavy atom. The average molecular weight is 131 g/mol. The Labute approximate surface area is 53.5 Å². The fourth-order valence-electron chi connectivity index (χ4n) is 0.357. The van der Waals surface area contributed by atoms with Gasteiger partial charge in [0, 0.05) is 5.75 Å². The highest BCUT2D eigenvalue weighted by molar-refractivity contribution is 7.98. The van der Waals surface area contributed by atoms with Crippen molar-refractivity contribution in [2.24, 2.45) is 0 Å². The van der Waals surface area contributed by atoms with Crippen molar-refractivity contribution in [3.05, 3.63) is 0 Å². The maximum absolute atomic E-state index is 8.81. The van der Waals surface area contributed by atoms with E-state index in [2.05, 4.69) is 0 Å². The van der Waals surface area contributed by atoms with E-state index < -0.39 is 6.10 Å². The lowest BCUT2D eigenvalue weighted by molar-refractivity contribution is 0.205. The summed E-state index contributed by atoms with van der Waals surface area (Å²) in [5, 5.41) is 16.8. The number of aliphatic hydroxyl groups excluding tert-OH is 1. The molecule has 3 heteroatoms. The third kappa shape index (κ3) is 3.97. The second-order valence-corrected chi connectivity index (χ2v) is 2.38. The maximum Gasteiger partial charge on any atom is 0.0760 e. The van der Waals surface area contributed by atoms with Crippen LogP contribution in [0.25, 0.3) is 0 Å². The van der Waals surface area contributed by atoms with Gasteiger partial charge in [0.1, 0.15) is 0 Å². The lowest BCUT2D eigenvalue weighted by atomic mass is 10.3. The minimum absolute atomic E-state index is 0.251. The van der Waals surface area contributed by atoms with Gasteiger partial charge in [0.05, 0.1) is 18.6 Å². The highest BCUT2D eigenvalue weighted by Crippen LogP contribution is 1.98. The van der Waals surface area contributed by atoms with E-state index >= 15 is 0 Å². The van der Waals surface area contributed by atoms with Gasteiger partial charge in [-0.15, -0.1) is 0 Å². The zero-order valence-electron chi connectivity index (χ0n) is 4.79. The van der Waals surface area contributed by atoms with Crippen LogP contribution in [0.5, 0.6) is 0 Å². The Bertz CT molecular complexity index is 88.9. The van der Waals surface area contributed by atoms with Crippen LogP contribution < -0.4 is 0 Å². The molecule has 0 radical (unpaired) electrons. The van der Waals surface area contributed by atoms with E-state index in [1.807, 2.05) is 12.3 Å². The molecule has 0 amide bonds. The Morgan fingerprint density at radius 3 is 2.88 bits per heavy atom. The molecular formula is C5H9NOS. The predicted molar refractivity (Wildman–Crippen MR) is 34.6 cm³/mol. The predicted octanol–water partition coefficient (Wildman–Crippen LogP) is 0.624. The van der Waals surface area contributed by atoms with Crippen LogP contribution in [0.15, 0.2) is 0 Å². The lowest BCUT2D eigenvalue weighted by Crippen LogP contribution is -2.07. The molecule has 0 aliphatic carbocycles. The summed E-state index contributed by atoms with van der Waals surface area (Å²) in [6.07, 6.45) is 1.72. The van der Waals surface area contributed by atoms with Gasteiger partial charge in [-0.3, -0.25) is 0 Å². The molecule has 0 heterocycles. The number of hydrogen-bond donors (Lipinski definition) is 1. The minimum atomic E-state index is -0.435. The van der Waals surface area contributed by atoms with E-state index in [-0.39, 0.29) is 6.42 Å². The van der Waals surface area contributed by atoms with Crippen LogP contribution in [-0.4, -0.2) is 23.2 Å². The fraction of sp³-hybridized carbons (Fsp3) is 0.800. The Morgan fingerprint density at radius 2 is 2.50 bits per heavy atom. The summed E-state index contributed by atoms with van der Waals surface area (Å²) in [6, 6.07) is 1.89. The van der Waals surface area contributed by atoms with E-state index in [0.29, 0.717) is 5.75 Å². The highest BCUT2D eigenvalue weighted by Gasteiger charge is 1.98. The first-order valence-corrected chi connectivity index (χ1v) is 3.74. The van der Waals surface area contributed by atoms with Crippen LogP contribution in [0.2, 0.25) is 0 Å².